The van der Waals surface area contributed by atoms with Gasteiger partial charge in [0.05, 0.1) is 0 Å². The topological polar surface area (TPSA) is 87.3 Å². The van der Waals surface area contributed by atoms with Crippen LogP contribution < -0.4 is 16.0 Å². The van der Waals surface area contributed by atoms with E-state index in [4.69, 9.17) is 0 Å². The molecule has 0 saturated carbocycles. The third kappa shape index (κ3) is 12.8. The highest BCUT2D eigenvalue weighted by Crippen LogP contribution is 2.50. The Morgan fingerprint density at radius 3 is 1.19 bits per heavy atom. The van der Waals surface area contributed by atoms with Crippen LogP contribution in [0.2, 0.25) is 0 Å². The Kier molecular flexibility index (Phi) is 10.7. The Labute approximate surface area is 191 Å². The molecule has 182 valence electrons. The average molecular weight is 440 g/mol. The molecule has 6 nitrogen and oxygen atoms in total. The molecule has 0 aliphatic carbocycles. The Balaban J connectivity index is 5.58. The highest BCUT2D eigenvalue weighted by Gasteiger charge is 2.42. The second kappa shape index (κ2) is 11.3. The van der Waals surface area contributed by atoms with E-state index >= 15 is 0 Å². The first kappa shape index (κ1) is 29.4. The monoisotopic (exact) mass is 439 g/mol. The van der Waals surface area contributed by atoms with Gasteiger partial charge in [-0.05, 0) is 85.5 Å². The van der Waals surface area contributed by atoms with E-state index in [9.17, 15) is 14.4 Å². The second-order valence-electron chi connectivity index (χ2n) is 12.3. The van der Waals surface area contributed by atoms with Gasteiger partial charge in [0, 0.05) is 36.4 Å². The zero-order valence-electron chi connectivity index (χ0n) is 22.0. The van der Waals surface area contributed by atoms with Gasteiger partial charge >= 0.3 is 0 Å². The van der Waals surface area contributed by atoms with Crippen molar-refractivity contribution in [1.82, 2.24) is 16.0 Å². The summed E-state index contributed by atoms with van der Waals surface area (Å²) < 4.78 is 0. The largest absolute Gasteiger partial charge is 0.354 e. The summed E-state index contributed by atoms with van der Waals surface area (Å²) in [7, 11) is 0. The lowest BCUT2D eigenvalue weighted by molar-refractivity contribution is -0.124. The maximum atomic E-state index is 12.6. The summed E-state index contributed by atoms with van der Waals surface area (Å²) in [6, 6.07) is 0.0895. The SMILES string of the molecule is CC(C)NC(=O)CCC(CCC(=O)NC(C)(C)C)(CCC(=O)NC(C)(C)C)C(C)(C)C. The van der Waals surface area contributed by atoms with Crippen molar-refractivity contribution in [3.05, 3.63) is 0 Å². The fraction of sp³-hybridized carbons (Fsp3) is 0.880. The van der Waals surface area contributed by atoms with Crippen molar-refractivity contribution < 1.29 is 14.4 Å². The number of nitrogens with one attached hydrogen (secondary N) is 3. The second-order valence-corrected chi connectivity index (χ2v) is 12.3. The molecular formula is C25H49N3O3. The Morgan fingerprint density at radius 1 is 0.613 bits per heavy atom. The van der Waals surface area contributed by atoms with Crippen LogP contribution in [0, 0.1) is 10.8 Å². The van der Waals surface area contributed by atoms with Crippen molar-refractivity contribution in [2.45, 2.75) is 132 Å². The fourth-order valence-electron chi connectivity index (χ4n) is 3.91. The minimum Gasteiger partial charge on any atom is -0.354 e. The predicted molar refractivity (Wildman–Crippen MR) is 129 cm³/mol. The van der Waals surface area contributed by atoms with Gasteiger partial charge in [0.1, 0.15) is 0 Å². The number of amides is 3. The van der Waals surface area contributed by atoms with Crippen LogP contribution in [0.4, 0.5) is 0 Å². The molecule has 0 aromatic carbocycles. The summed E-state index contributed by atoms with van der Waals surface area (Å²) in [6.07, 6.45) is 3.05. The lowest BCUT2D eigenvalue weighted by Gasteiger charge is -2.46. The highest BCUT2D eigenvalue weighted by molar-refractivity contribution is 5.78. The Bertz CT molecular complexity index is 573. The molecule has 0 bridgehead atoms. The molecule has 0 radical (unpaired) electrons. The molecule has 0 aliphatic heterocycles. The smallest absolute Gasteiger partial charge is 0.220 e. The van der Waals surface area contributed by atoms with Crippen LogP contribution in [0.3, 0.4) is 0 Å². The molecule has 0 aliphatic rings. The van der Waals surface area contributed by atoms with E-state index in [1.165, 1.54) is 0 Å². The van der Waals surface area contributed by atoms with Crippen LogP contribution in [-0.2, 0) is 14.4 Å². The summed E-state index contributed by atoms with van der Waals surface area (Å²) in [5.41, 5.74) is -1.06. The predicted octanol–water partition coefficient (Wildman–Crippen LogP) is 4.71. The number of hydrogen-bond acceptors (Lipinski definition) is 3. The number of carbonyl (C=O) groups excluding carboxylic acids is 3. The minimum atomic E-state index is -0.314. The minimum absolute atomic E-state index is 0.00639. The number of carbonyl (C=O) groups is 3. The normalized spacial score (nSPS) is 13.2. The van der Waals surface area contributed by atoms with Crippen LogP contribution in [0.1, 0.15) is 115 Å². The van der Waals surface area contributed by atoms with E-state index in [0.29, 0.717) is 38.5 Å². The van der Waals surface area contributed by atoms with E-state index in [2.05, 4.69) is 36.7 Å². The maximum absolute atomic E-state index is 12.6. The molecule has 31 heavy (non-hydrogen) atoms. The Morgan fingerprint density at radius 2 is 0.935 bits per heavy atom. The summed E-state index contributed by atoms with van der Waals surface area (Å²) >= 11 is 0. The van der Waals surface area contributed by atoms with E-state index in [0.717, 1.165) is 0 Å². The van der Waals surface area contributed by atoms with Crippen molar-refractivity contribution >= 4 is 17.7 Å². The van der Waals surface area contributed by atoms with Crippen molar-refractivity contribution in [2.24, 2.45) is 10.8 Å². The summed E-state index contributed by atoms with van der Waals surface area (Å²) in [4.78, 5) is 37.6. The zero-order valence-corrected chi connectivity index (χ0v) is 22.0. The first-order valence-electron chi connectivity index (χ1n) is 11.7. The molecule has 0 aromatic heterocycles. The quantitative estimate of drug-likeness (QED) is 0.460. The summed E-state index contributed by atoms with van der Waals surface area (Å²) in [5.74, 6) is 0.0284. The molecule has 3 amide bonds. The van der Waals surface area contributed by atoms with Gasteiger partial charge in [-0.25, -0.2) is 0 Å². The van der Waals surface area contributed by atoms with Crippen molar-refractivity contribution in [3.8, 4) is 0 Å². The van der Waals surface area contributed by atoms with Crippen LogP contribution in [0.5, 0.6) is 0 Å². The fourth-order valence-corrected chi connectivity index (χ4v) is 3.91. The molecule has 0 unspecified atom stereocenters. The number of hydrogen-bond donors (Lipinski definition) is 3. The Hall–Kier alpha value is -1.59. The zero-order chi connectivity index (χ0) is 24.7. The van der Waals surface area contributed by atoms with E-state index < -0.39 is 0 Å². The molecule has 0 heterocycles. The van der Waals surface area contributed by atoms with Gasteiger partial charge in [0.25, 0.3) is 0 Å². The molecule has 0 fully saturated rings. The van der Waals surface area contributed by atoms with Crippen molar-refractivity contribution in [2.75, 3.05) is 0 Å². The molecule has 0 spiro atoms. The van der Waals surface area contributed by atoms with Gasteiger partial charge < -0.3 is 16.0 Å². The maximum Gasteiger partial charge on any atom is 0.220 e. The molecule has 3 N–H and O–H groups in total. The molecular weight excluding hydrogens is 390 g/mol. The lowest BCUT2D eigenvalue weighted by Crippen LogP contribution is -2.44. The first-order chi connectivity index (χ1) is 13.8. The number of rotatable bonds is 10. The van der Waals surface area contributed by atoms with E-state index in [1.807, 2.05) is 55.4 Å². The van der Waals surface area contributed by atoms with Gasteiger partial charge in [-0.2, -0.15) is 0 Å². The molecule has 0 aromatic rings. The molecule has 6 heteroatoms. The van der Waals surface area contributed by atoms with E-state index in [1.54, 1.807) is 0 Å². The van der Waals surface area contributed by atoms with Crippen molar-refractivity contribution in [3.63, 3.8) is 0 Å². The van der Waals surface area contributed by atoms with Gasteiger partial charge in [0.2, 0.25) is 17.7 Å². The van der Waals surface area contributed by atoms with Gasteiger partial charge in [0.15, 0.2) is 0 Å². The lowest BCUT2D eigenvalue weighted by atomic mass is 9.59. The molecule has 0 saturated heterocycles. The van der Waals surface area contributed by atoms with Crippen LogP contribution in [-0.4, -0.2) is 34.8 Å². The van der Waals surface area contributed by atoms with Crippen molar-refractivity contribution in [1.29, 1.82) is 0 Å². The summed E-state index contributed by atoms with van der Waals surface area (Å²) in [5, 5.41) is 9.03. The van der Waals surface area contributed by atoms with Crippen LogP contribution in [0.25, 0.3) is 0 Å². The molecule has 0 rings (SSSR count). The van der Waals surface area contributed by atoms with Gasteiger partial charge in [-0.1, -0.05) is 20.8 Å². The average Bonchev–Trinajstić information content (AvgIpc) is 2.49. The standard InChI is InChI=1S/C25H49N3O3/c1-18(2)26-19(29)12-15-25(22(3,4)5,16-13-20(30)27-23(6,7)8)17-14-21(31)28-24(9,10)11/h18H,12-17H2,1-11H3,(H,26,29)(H,27,30)(H,28,31). The third-order valence-corrected chi connectivity index (χ3v) is 5.56. The van der Waals surface area contributed by atoms with Crippen LogP contribution in [0.15, 0.2) is 0 Å². The van der Waals surface area contributed by atoms with Crippen LogP contribution >= 0.6 is 0 Å². The van der Waals surface area contributed by atoms with E-state index in [-0.39, 0.29) is 45.7 Å². The highest BCUT2D eigenvalue weighted by atomic mass is 16.2. The first-order valence-corrected chi connectivity index (χ1v) is 11.7. The van der Waals surface area contributed by atoms with Gasteiger partial charge in [-0.15, -0.1) is 0 Å². The summed E-state index contributed by atoms with van der Waals surface area (Å²) in [6.45, 7) is 22.1. The van der Waals surface area contributed by atoms with Gasteiger partial charge in [-0.3, -0.25) is 14.4 Å². The molecule has 0 atom stereocenters. The third-order valence-electron chi connectivity index (χ3n) is 5.56.